The lowest BCUT2D eigenvalue weighted by Crippen LogP contribution is -2.54. The van der Waals surface area contributed by atoms with Crippen molar-refractivity contribution in [3.05, 3.63) is 23.8 Å². The van der Waals surface area contributed by atoms with E-state index in [1.807, 2.05) is 17.0 Å². The molecule has 0 aliphatic carbocycles. The fraction of sp³-hybridized carbons (Fsp3) is 0.562. The van der Waals surface area contributed by atoms with Crippen LogP contribution in [-0.4, -0.2) is 43.2 Å². The van der Waals surface area contributed by atoms with Crippen LogP contribution in [0.15, 0.2) is 18.2 Å². The SMILES string of the molecule is CC1(C)CN(C(=O)c2cccc3c2OCCO3)CCC1N.Cl. The molecule has 1 aromatic rings. The molecule has 2 heterocycles. The lowest BCUT2D eigenvalue weighted by atomic mass is 9.79. The van der Waals surface area contributed by atoms with E-state index in [9.17, 15) is 4.79 Å². The summed E-state index contributed by atoms with van der Waals surface area (Å²) < 4.78 is 11.2. The molecular formula is C16H23ClN2O3. The summed E-state index contributed by atoms with van der Waals surface area (Å²) in [7, 11) is 0. The van der Waals surface area contributed by atoms with E-state index in [0.29, 0.717) is 43.4 Å². The van der Waals surface area contributed by atoms with Gasteiger partial charge in [0.05, 0.1) is 5.56 Å². The van der Waals surface area contributed by atoms with Crippen molar-refractivity contribution in [2.45, 2.75) is 26.3 Å². The fourth-order valence-corrected chi connectivity index (χ4v) is 2.96. The van der Waals surface area contributed by atoms with Gasteiger partial charge in [-0.1, -0.05) is 19.9 Å². The molecule has 0 radical (unpaired) electrons. The van der Waals surface area contributed by atoms with Crippen LogP contribution in [0.2, 0.25) is 0 Å². The van der Waals surface area contributed by atoms with Gasteiger partial charge in [0.15, 0.2) is 11.5 Å². The second-order valence-corrected chi connectivity index (χ2v) is 6.44. The van der Waals surface area contributed by atoms with Gasteiger partial charge in [-0.05, 0) is 24.0 Å². The first-order chi connectivity index (χ1) is 9.99. The maximum absolute atomic E-state index is 12.8. The number of carbonyl (C=O) groups excluding carboxylic acids is 1. The highest BCUT2D eigenvalue weighted by molar-refractivity contribution is 5.98. The molecule has 1 aromatic carbocycles. The number of carbonyl (C=O) groups is 1. The predicted octanol–water partition coefficient (Wildman–Crippen LogP) is 2.08. The van der Waals surface area contributed by atoms with Gasteiger partial charge in [-0.2, -0.15) is 0 Å². The number of fused-ring (bicyclic) bond motifs is 1. The number of benzene rings is 1. The maximum atomic E-state index is 12.8. The third kappa shape index (κ3) is 3.01. The second kappa shape index (κ2) is 6.34. The number of hydrogen-bond donors (Lipinski definition) is 1. The Hall–Kier alpha value is -1.46. The monoisotopic (exact) mass is 326 g/mol. The number of ether oxygens (including phenoxy) is 2. The average Bonchev–Trinajstić information content (AvgIpc) is 2.48. The van der Waals surface area contributed by atoms with E-state index in [-0.39, 0.29) is 29.8 Å². The normalized spacial score (nSPS) is 22.7. The van der Waals surface area contributed by atoms with Crippen molar-refractivity contribution >= 4 is 18.3 Å². The zero-order valence-corrected chi connectivity index (χ0v) is 13.8. The van der Waals surface area contributed by atoms with E-state index in [2.05, 4.69) is 13.8 Å². The predicted molar refractivity (Wildman–Crippen MR) is 87.0 cm³/mol. The molecule has 1 unspecified atom stereocenters. The molecule has 1 atom stereocenters. The summed E-state index contributed by atoms with van der Waals surface area (Å²) in [5.41, 5.74) is 6.65. The van der Waals surface area contributed by atoms with Crippen molar-refractivity contribution in [2.75, 3.05) is 26.3 Å². The van der Waals surface area contributed by atoms with Crippen LogP contribution in [-0.2, 0) is 0 Å². The molecule has 2 aliphatic heterocycles. The van der Waals surface area contributed by atoms with Crippen molar-refractivity contribution in [3.63, 3.8) is 0 Å². The van der Waals surface area contributed by atoms with Crippen molar-refractivity contribution in [1.29, 1.82) is 0 Å². The number of nitrogens with zero attached hydrogens (tertiary/aromatic N) is 1. The number of amides is 1. The topological polar surface area (TPSA) is 64.8 Å². The molecule has 122 valence electrons. The summed E-state index contributed by atoms with van der Waals surface area (Å²) in [5.74, 6) is 1.22. The molecule has 1 amide bonds. The summed E-state index contributed by atoms with van der Waals surface area (Å²) in [6, 6.07) is 5.60. The molecular weight excluding hydrogens is 304 g/mol. The Morgan fingerprint density at radius 2 is 2.05 bits per heavy atom. The van der Waals surface area contributed by atoms with E-state index in [1.54, 1.807) is 6.07 Å². The molecule has 2 aliphatic rings. The van der Waals surface area contributed by atoms with Gasteiger partial charge >= 0.3 is 0 Å². The zero-order valence-electron chi connectivity index (χ0n) is 13.0. The van der Waals surface area contributed by atoms with Crippen LogP contribution >= 0.6 is 12.4 Å². The van der Waals surface area contributed by atoms with E-state index >= 15 is 0 Å². The first kappa shape index (κ1) is 16.9. The molecule has 0 aromatic heterocycles. The summed E-state index contributed by atoms with van der Waals surface area (Å²) in [6.07, 6.45) is 0.825. The molecule has 2 N–H and O–H groups in total. The van der Waals surface area contributed by atoms with Gasteiger partial charge in [0.2, 0.25) is 0 Å². The highest BCUT2D eigenvalue weighted by atomic mass is 35.5. The largest absolute Gasteiger partial charge is 0.486 e. The summed E-state index contributed by atoms with van der Waals surface area (Å²) >= 11 is 0. The van der Waals surface area contributed by atoms with E-state index in [4.69, 9.17) is 15.2 Å². The van der Waals surface area contributed by atoms with Crippen LogP contribution in [0.25, 0.3) is 0 Å². The lowest BCUT2D eigenvalue weighted by Gasteiger charge is -2.42. The maximum Gasteiger partial charge on any atom is 0.257 e. The zero-order chi connectivity index (χ0) is 15.0. The van der Waals surface area contributed by atoms with Crippen LogP contribution in [0.3, 0.4) is 0 Å². The van der Waals surface area contributed by atoms with Crippen LogP contribution in [0.5, 0.6) is 11.5 Å². The second-order valence-electron chi connectivity index (χ2n) is 6.44. The van der Waals surface area contributed by atoms with Crippen LogP contribution < -0.4 is 15.2 Å². The number of para-hydroxylation sites is 1. The number of piperidine rings is 1. The van der Waals surface area contributed by atoms with Gasteiger partial charge < -0.3 is 20.1 Å². The minimum absolute atomic E-state index is 0. The Morgan fingerprint density at radius 1 is 1.32 bits per heavy atom. The Labute approximate surface area is 137 Å². The van der Waals surface area contributed by atoms with Gasteiger partial charge in [0, 0.05) is 19.1 Å². The number of rotatable bonds is 1. The molecule has 0 bridgehead atoms. The molecule has 0 spiro atoms. The van der Waals surface area contributed by atoms with Crippen LogP contribution in [0.4, 0.5) is 0 Å². The van der Waals surface area contributed by atoms with Crippen LogP contribution in [0.1, 0.15) is 30.6 Å². The van der Waals surface area contributed by atoms with Gasteiger partial charge in [-0.3, -0.25) is 4.79 Å². The number of hydrogen-bond acceptors (Lipinski definition) is 4. The lowest BCUT2D eigenvalue weighted by molar-refractivity contribution is 0.0525. The van der Waals surface area contributed by atoms with Crippen molar-refractivity contribution < 1.29 is 14.3 Å². The van der Waals surface area contributed by atoms with Crippen molar-refractivity contribution in [2.24, 2.45) is 11.1 Å². The Balaban J connectivity index is 0.00000176. The number of halogens is 1. The molecule has 1 saturated heterocycles. The van der Waals surface area contributed by atoms with Gasteiger partial charge in [0.1, 0.15) is 13.2 Å². The minimum Gasteiger partial charge on any atom is -0.486 e. The van der Waals surface area contributed by atoms with Crippen LogP contribution in [0, 0.1) is 5.41 Å². The summed E-state index contributed by atoms with van der Waals surface area (Å²) in [4.78, 5) is 14.7. The summed E-state index contributed by atoms with van der Waals surface area (Å²) in [5, 5.41) is 0. The molecule has 1 fully saturated rings. The van der Waals surface area contributed by atoms with Crippen molar-refractivity contribution in [3.8, 4) is 11.5 Å². The molecule has 5 nitrogen and oxygen atoms in total. The molecule has 6 heteroatoms. The van der Waals surface area contributed by atoms with Crippen molar-refractivity contribution in [1.82, 2.24) is 4.90 Å². The summed E-state index contributed by atoms with van der Waals surface area (Å²) in [6.45, 7) is 6.57. The third-order valence-electron chi connectivity index (χ3n) is 4.40. The van der Waals surface area contributed by atoms with E-state index in [0.717, 1.165) is 6.42 Å². The molecule has 22 heavy (non-hydrogen) atoms. The smallest absolute Gasteiger partial charge is 0.257 e. The Kier molecular flexibility index (Phi) is 4.87. The van der Waals surface area contributed by atoms with Gasteiger partial charge in [-0.15, -0.1) is 12.4 Å². The highest BCUT2D eigenvalue weighted by Gasteiger charge is 2.36. The average molecular weight is 327 g/mol. The quantitative estimate of drug-likeness (QED) is 0.858. The Bertz CT molecular complexity index is 562. The first-order valence-electron chi connectivity index (χ1n) is 7.42. The fourth-order valence-electron chi connectivity index (χ4n) is 2.96. The first-order valence-corrected chi connectivity index (χ1v) is 7.42. The Morgan fingerprint density at radius 3 is 2.77 bits per heavy atom. The number of likely N-dealkylation sites (tertiary alicyclic amines) is 1. The number of nitrogens with two attached hydrogens (primary N) is 1. The standard InChI is InChI=1S/C16H22N2O3.ClH/c1-16(2)10-18(7-6-13(16)17)15(19)11-4-3-5-12-14(11)21-9-8-20-12;/h3-5,13H,6-10,17H2,1-2H3;1H. The molecule has 0 saturated carbocycles. The van der Waals surface area contributed by atoms with Gasteiger partial charge in [-0.25, -0.2) is 0 Å². The van der Waals surface area contributed by atoms with E-state index < -0.39 is 0 Å². The van der Waals surface area contributed by atoms with E-state index in [1.165, 1.54) is 0 Å². The third-order valence-corrected chi connectivity index (χ3v) is 4.40. The van der Waals surface area contributed by atoms with Gasteiger partial charge in [0.25, 0.3) is 5.91 Å². The minimum atomic E-state index is -0.0693. The molecule has 3 rings (SSSR count). The highest BCUT2D eigenvalue weighted by Crippen LogP contribution is 2.36.